The van der Waals surface area contributed by atoms with Crippen LogP contribution in [-0.2, 0) is 4.79 Å². The normalized spacial score (nSPS) is 26.4. The van der Waals surface area contributed by atoms with Crippen molar-refractivity contribution in [2.75, 3.05) is 6.54 Å². The highest BCUT2D eigenvalue weighted by atomic mass is 32.1. The van der Waals surface area contributed by atoms with Crippen LogP contribution in [0.5, 0.6) is 0 Å². The Balaban J connectivity index is 1.70. The molecule has 0 spiro atoms. The summed E-state index contributed by atoms with van der Waals surface area (Å²) >= 11 is 1.80. The molecule has 1 saturated heterocycles. The van der Waals surface area contributed by atoms with Gasteiger partial charge in [-0.25, -0.2) is 0 Å². The van der Waals surface area contributed by atoms with Crippen LogP contribution in [0, 0.1) is 5.92 Å². The van der Waals surface area contributed by atoms with Crippen LogP contribution in [0.4, 0.5) is 0 Å². The van der Waals surface area contributed by atoms with Crippen LogP contribution in [0.2, 0.25) is 0 Å². The molecule has 1 aliphatic heterocycles. The van der Waals surface area contributed by atoms with E-state index in [1.165, 1.54) is 17.7 Å². The molecule has 2 atom stereocenters. The molecule has 1 aromatic rings. The van der Waals surface area contributed by atoms with Crippen molar-refractivity contribution in [3.63, 3.8) is 0 Å². The van der Waals surface area contributed by atoms with E-state index in [-0.39, 0.29) is 11.9 Å². The Bertz CT molecular complexity index is 400. The van der Waals surface area contributed by atoms with Crippen LogP contribution in [0.15, 0.2) is 17.5 Å². The van der Waals surface area contributed by atoms with Gasteiger partial charge < -0.3 is 5.32 Å². The molecule has 1 amide bonds. The molecule has 0 radical (unpaired) electrons. The van der Waals surface area contributed by atoms with Crippen LogP contribution in [-0.4, -0.2) is 18.5 Å². The first kappa shape index (κ1) is 12.2. The second-order valence-electron chi connectivity index (χ2n) is 5.34. The van der Waals surface area contributed by atoms with E-state index in [0.717, 1.165) is 31.7 Å². The second kappa shape index (κ2) is 5.41. The summed E-state index contributed by atoms with van der Waals surface area (Å²) in [6, 6.07) is 4.68. The van der Waals surface area contributed by atoms with Gasteiger partial charge in [-0.2, -0.15) is 0 Å². The lowest BCUT2D eigenvalue weighted by Crippen LogP contribution is -2.44. The maximum Gasteiger partial charge on any atom is 0.237 e. The molecule has 4 heteroatoms. The zero-order chi connectivity index (χ0) is 12.4. The van der Waals surface area contributed by atoms with Gasteiger partial charge in [-0.1, -0.05) is 6.07 Å². The highest BCUT2D eigenvalue weighted by Crippen LogP contribution is 2.42. The van der Waals surface area contributed by atoms with Crippen LogP contribution >= 0.6 is 11.3 Å². The van der Waals surface area contributed by atoms with E-state index in [0.29, 0.717) is 6.04 Å². The molecular weight excluding hydrogens is 244 g/mol. The second-order valence-corrected chi connectivity index (χ2v) is 6.32. The Kier molecular flexibility index (Phi) is 3.66. The zero-order valence-electron chi connectivity index (χ0n) is 10.5. The zero-order valence-corrected chi connectivity index (χ0v) is 11.3. The fraction of sp³-hybridized carbons (Fsp3) is 0.643. The molecule has 3 rings (SSSR count). The summed E-state index contributed by atoms with van der Waals surface area (Å²) in [6.45, 7) is 0.837. The Morgan fingerprint density at radius 1 is 1.33 bits per heavy atom. The van der Waals surface area contributed by atoms with Gasteiger partial charge in [0.1, 0.15) is 0 Å². The van der Waals surface area contributed by atoms with E-state index in [1.807, 2.05) is 0 Å². The van der Waals surface area contributed by atoms with Crippen molar-refractivity contribution >= 4 is 17.2 Å². The van der Waals surface area contributed by atoms with Crippen molar-refractivity contribution in [3.8, 4) is 0 Å². The van der Waals surface area contributed by atoms with E-state index in [4.69, 9.17) is 0 Å². The minimum Gasteiger partial charge on any atom is -0.355 e. The summed E-state index contributed by atoms with van der Waals surface area (Å²) in [5, 5.41) is 8.74. The van der Waals surface area contributed by atoms with Gasteiger partial charge in [0.15, 0.2) is 0 Å². The summed E-state index contributed by atoms with van der Waals surface area (Å²) in [5.74, 6) is 0.925. The topological polar surface area (TPSA) is 41.1 Å². The minimum absolute atomic E-state index is 0.000185. The number of hydrogen-bond donors (Lipinski definition) is 2. The number of amides is 1. The monoisotopic (exact) mass is 264 g/mol. The van der Waals surface area contributed by atoms with Crippen molar-refractivity contribution in [1.82, 2.24) is 10.6 Å². The highest BCUT2D eigenvalue weighted by Gasteiger charge is 2.35. The summed E-state index contributed by atoms with van der Waals surface area (Å²) in [4.78, 5) is 13.4. The smallest absolute Gasteiger partial charge is 0.237 e. The number of rotatable bonds is 4. The van der Waals surface area contributed by atoms with E-state index in [2.05, 4.69) is 28.1 Å². The van der Waals surface area contributed by atoms with Gasteiger partial charge in [0, 0.05) is 17.5 Å². The molecular formula is C14H20N2OS. The molecule has 2 unspecified atom stereocenters. The van der Waals surface area contributed by atoms with Crippen molar-refractivity contribution in [1.29, 1.82) is 0 Å². The van der Waals surface area contributed by atoms with E-state index >= 15 is 0 Å². The van der Waals surface area contributed by atoms with E-state index < -0.39 is 0 Å². The van der Waals surface area contributed by atoms with Crippen LogP contribution in [0.25, 0.3) is 0 Å². The van der Waals surface area contributed by atoms with Gasteiger partial charge in [0.2, 0.25) is 5.91 Å². The Labute approximate surface area is 112 Å². The number of carbonyl (C=O) groups excluding carboxylic acids is 1. The summed E-state index contributed by atoms with van der Waals surface area (Å²) in [6.07, 6.45) is 5.81. The van der Waals surface area contributed by atoms with Gasteiger partial charge in [-0.3, -0.25) is 10.1 Å². The third-order valence-corrected chi connectivity index (χ3v) is 4.81. The van der Waals surface area contributed by atoms with Crippen LogP contribution in [0.3, 0.4) is 0 Å². The molecule has 1 aliphatic carbocycles. The fourth-order valence-corrected chi connectivity index (χ4v) is 3.54. The van der Waals surface area contributed by atoms with Crippen LogP contribution < -0.4 is 10.6 Å². The van der Waals surface area contributed by atoms with Crippen molar-refractivity contribution in [3.05, 3.63) is 22.4 Å². The molecule has 18 heavy (non-hydrogen) atoms. The largest absolute Gasteiger partial charge is 0.355 e. The van der Waals surface area contributed by atoms with Crippen molar-refractivity contribution < 1.29 is 4.79 Å². The molecule has 2 aliphatic rings. The van der Waals surface area contributed by atoms with Gasteiger partial charge in [0.05, 0.1) is 6.04 Å². The third kappa shape index (κ3) is 2.75. The van der Waals surface area contributed by atoms with E-state index in [9.17, 15) is 4.79 Å². The molecule has 2 fully saturated rings. The Morgan fingerprint density at radius 3 is 2.94 bits per heavy atom. The predicted octanol–water partition coefficient (Wildman–Crippen LogP) is 2.46. The van der Waals surface area contributed by atoms with Gasteiger partial charge in [-0.05, 0) is 49.5 Å². The van der Waals surface area contributed by atoms with Gasteiger partial charge in [-0.15, -0.1) is 11.3 Å². The number of nitrogens with one attached hydrogen (secondary N) is 2. The quantitative estimate of drug-likeness (QED) is 0.877. The Hall–Kier alpha value is -0.870. The number of hydrogen-bond acceptors (Lipinski definition) is 3. The fourth-order valence-electron chi connectivity index (χ4n) is 2.66. The standard InChI is InChI=1S/C14H20N2OS/c17-14-11(4-1-2-8-15-14)16-13(10-6-7-10)12-5-3-9-18-12/h3,5,9-11,13,16H,1-2,4,6-8H2,(H,15,17). The first-order valence-corrected chi connectivity index (χ1v) is 7.80. The molecule has 98 valence electrons. The van der Waals surface area contributed by atoms with E-state index in [1.54, 1.807) is 11.3 Å². The van der Waals surface area contributed by atoms with Gasteiger partial charge >= 0.3 is 0 Å². The average molecular weight is 264 g/mol. The molecule has 2 heterocycles. The number of thiophene rings is 1. The third-order valence-electron chi connectivity index (χ3n) is 3.86. The average Bonchev–Trinajstić information content (AvgIpc) is 3.10. The first-order chi connectivity index (χ1) is 8.84. The SMILES string of the molecule is O=C1NCCCCC1NC(c1cccs1)C1CC1. The lowest BCUT2D eigenvalue weighted by atomic mass is 10.1. The predicted molar refractivity (Wildman–Crippen MR) is 73.6 cm³/mol. The molecule has 0 aromatic carbocycles. The molecule has 3 nitrogen and oxygen atoms in total. The summed E-state index contributed by atoms with van der Waals surface area (Å²) in [5.41, 5.74) is 0. The molecule has 2 N–H and O–H groups in total. The summed E-state index contributed by atoms with van der Waals surface area (Å²) < 4.78 is 0. The van der Waals surface area contributed by atoms with Gasteiger partial charge in [0.25, 0.3) is 0 Å². The highest BCUT2D eigenvalue weighted by molar-refractivity contribution is 7.10. The molecule has 1 aromatic heterocycles. The lowest BCUT2D eigenvalue weighted by Gasteiger charge is -2.23. The number of carbonyl (C=O) groups is 1. The first-order valence-electron chi connectivity index (χ1n) is 6.92. The van der Waals surface area contributed by atoms with Crippen molar-refractivity contribution in [2.24, 2.45) is 5.92 Å². The maximum absolute atomic E-state index is 12.0. The maximum atomic E-state index is 12.0. The Morgan fingerprint density at radius 2 is 2.22 bits per heavy atom. The molecule has 1 saturated carbocycles. The summed E-state index contributed by atoms with van der Waals surface area (Å²) in [7, 11) is 0. The van der Waals surface area contributed by atoms with Crippen molar-refractivity contribution in [2.45, 2.75) is 44.2 Å². The lowest BCUT2D eigenvalue weighted by molar-refractivity contribution is -0.123. The minimum atomic E-state index is 0.000185. The van der Waals surface area contributed by atoms with Crippen LogP contribution in [0.1, 0.15) is 43.0 Å². The molecule has 0 bridgehead atoms.